The molecule has 0 radical (unpaired) electrons. The summed E-state index contributed by atoms with van der Waals surface area (Å²) in [5.41, 5.74) is 0. The second kappa shape index (κ2) is 36.8. The number of carbonyl (C=O) groups is 3. The van der Waals surface area contributed by atoms with Gasteiger partial charge in [-0.05, 0) is 38.5 Å². The fourth-order valence-electron chi connectivity index (χ4n) is 6.48. The number of hydrogen-bond acceptors (Lipinski definition) is 6. The number of ether oxygens (including phenoxy) is 3. The largest absolute Gasteiger partial charge is 0.477 e. The first kappa shape index (κ1) is 50.8. The first-order chi connectivity index (χ1) is 25.6. The minimum atomic E-state index is -0.874. The number of carboxylic acid groups (broad SMARTS) is 1. The van der Waals surface area contributed by atoms with Crippen LogP contribution in [-0.4, -0.2) is 80.6 Å². The van der Waals surface area contributed by atoms with Gasteiger partial charge in [0, 0.05) is 19.3 Å². The molecule has 0 bridgehead atoms. The number of rotatable bonds is 39. The van der Waals surface area contributed by atoms with Gasteiger partial charge in [-0.1, -0.05) is 160 Å². The Hall–Kier alpha value is -2.19. The highest BCUT2D eigenvalue weighted by Crippen LogP contribution is 2.15. The number of carboxylic acids is 1. The minimum absolute atomic E-state index is 0.0469. The van der Waals surface area contributed by atoms with E-state index in [1.807, 2.05) is 21.1 Å². The molecule has 0 fully saturated rings. The van der Waals surface area contributed by atoms with Crippen molar-refractivity contribution >= 4 is 17.9 Å². The highest BCUT2D eigenvalue weighted by Gasteiger charge is 2.31. The molecule has 0 aromatic carbocycles. The topological polar surface area (TPSA) is 99.1 Å². The minimum Gasteiger partial charge on any atom is -0.477 e. The Kier molecular flexibility index (Phi) is 35.2. The zero-order valence-electron chi connectivity index (χ0n) is 35.2. The van der Waals surface area contributed by atoms with Crippen molar-refractivity contribution < 1.29 is 38.2 Å². The molecule has 0 aliphatic heterocycles. The first-order valence-corrected chi connectivity index (χ1v) is 21.9. The SMILES string of the molecule is CC/C=C/C/C=C/CCCCCCCCCCCCCCCCC(=O)OC(COCCC(C(=O)O)[N+](C)(C)C)COC(=O)CCCCCCCCCC. The number of esters is 2. The van der Waals surface area contributed by atoms with Gasteiger partial charge in [-0.2, -0.15) is 0 Å². The van der Waals surface area contributed by atoms with Crippen molar-refractivity contribution in [3.8, 4) is 0 Å². The van der Waals surface area contributed by atoms with E-state index < -0.39 is 18.1 Å². The van der Waals surface area contributed by atoms with Crippen LogP contribution in [0, 0.1) is 0 Å². The van der Waals surface area contributed by atoms with Gasteiger partial charge in [-0.25, -0.2) is 4.79 Å². The maximum atomic E-state index is 12.7. The summed E-state index contributed by atoms with van der Waals surface area (Å²) >= 11 is 0. The van der Waals surface area contributed by atoms with Crippen LogP contribution in [0.2, 0.25) is 0 Å². The summed E-state index contributed by atoms with van der Waals surface area (Å²) in [5.74, 6) is -1.46. The molecular weight excluding hydrogens is 666 g/mol. The van der Waals surface area contributed by atoms with Crippen LogP contribution >= 0.6 is 0 Å². The van der Waals surface area contributed by atoms with Gasteiger partial charge in [0.15, 0.2) is 12.1 Å². The number of likely N-dealkylation sites (N-methyl/N-ethyl adjacent to an activating group) is 1. The van der Waals surface area contributed by atoms with Crippen LogP contribution in [0.5, 0.6) is 0 Å². The van der Waals surface area contributed by atoms with Gasteiger partial charge in [-0.15, -0.1) is 0 Å². The summed E-state index contributed by atoms with van der Waals surface area (Å²) in [5, 5.41) is 9.59. The summed E-state index contributed by atoms with van der Waals surface area (Å²) in [6.45, 7) is 4.62. The number of nitrogens with zero attached hydrogens (tertiary/aromatic N) is 1. The van der Waals surface area contributed by atoms with Crippen molar-refractivity contribution in [2.24, 2.45) is 0 Å². The van der Waals surface area contributed by atoms with E-state index in [0.29, 0.717) is 19.3 Å². The molecule has 0 aromatic rings. The third-order valence-corrected chi connectivity index (χ3v) is 9.87. The third-order valence-electron chi connectivity index (χ3n) is 9.87. The second-order valence-corrected chi connectivity index (χ2v) is 15.9. The summed E-state index contributed by atoms with van der Waals surface area (Å²) in [7, 11) is 5.53. The molecule has 0 aliphatic carbocycles. The third kappa shape index (κ3) is 35.3. The van der Waals surface area contributed by atoms with E-state index in [2.05, 4.69) is 38.2 Å². The summed E-state index contributed by atoms with van der Waals surface area (Å²) < 4.78 is 17.2. The van der Waals surface area contributed by atoms with Crippen molar-refractivity contribution in [2.75, 3.05) is 41.0 Å². The highest BCUT2D eigenvalue weighted by atomic mass is 16.6. The Bertz CT molecular complexity index is 926. The molecule has 0 aliphatic rings. The Morgan fingerprint density at radius 3 is 1.55 bits per heavy atom. The highest BCUT2D eigenvalue weighted by molar-refractivity contribution is 5.72. The maximum absolute atomic E-state index is 12.7. The molecule has 2 atom stereocenters. The van der Waals surface area contributed by atoms with Gasteiger partial charge in [-0.3, -0.25) is 9.59 Å². The Morgan fingerprint density at radius 2 is 1.06 bits per heavy atom. The molecule has 2 unspecified atom stereocenters. The molecule has 0 spiro atoms. The van der Waals surface area contributed by atoms with Gasteiger partial charge in [0.1, 0.15) is 6.61 Å². The van der Waals surface area contributed by atoms with E-state index in [4.69, 9.17) is 14.2 Å². The summed E-state index contributed by atoms with van der Waals surface area (Å²) in [4.78, 5) is 36.8. The van der Waals surface area contributed by atoms with Crippen molar-refractivity contribution in [1.82, 2.24) is 0 Å². The van der Waals surface area contributed by atoms with E-state index in [9.17, 15) is 19.5 Å². The zero-order chi connectivity index (χ0) is 39.3. The lowest BCUT2D eigenvalue weighted by Crippen LogP contribution is -2.50. The van der Waals surface area contributed by atoms with E-state index >= 15 is 0 Å². The fourth-order valence-corrected chi connectivity index (χ4v) is 6.48. The Labute approximate surface area is 326 Å². The van der Waals surface area contributed by atoms with Crippen molar-refractivity contribution in [2.45, 2.75) is 206 Å². The number of hydrogen-bond donors (Lipinski definition) is 1. The molecule has 0 aromatic heterocycles. The van der Waals surface area contributed by atoms with Crippen LogP contribution in [0.25, 0.3) is 0 Å². The number of unbranched alkanes of at least 4 members (excludes halogenated alkanes) is 21. The van der Waals surface area contributed by atoms with Gasteiger partial charge in [0.25, 0.3) is 0 Å². The molecule has 0 saturated carbocycles. The number of allylic oxidation sites excluding steroid dienone is 4. The molecule has 0 rings (SSSR count). The van der Waals surface area contributed by atoms with Crippen LogP contribution in [0.4, 0.5) is 0 Å². The molecule has 53 heavy (non-hydrogen) atoms. The number of aliphatic carboxylic acids is 1. The van der Waals surface area contributed by atoms with Crippen molar-refractivity contribution in [3.63, 3.8) is 0 Å². The molecule has 0 heterocycles. The molecule has 8 heteroatoms. The molecular formula is C45H84NO7+. The van der Waals surface area contributed by atoms with Gasteiger partial charge in [0.2, 0.25) is 0 Å². The fraction of sp³-hybridized carbons (Fsp3) is 0.844. The van der Waals surface area contributed by atoms with E-state index in [1.165, 1.54) is 109 Å². The van der Waals surface area contributed by atoms with Crippen LogP contribution in [-0.2, 0) is 28.6 Å². The van der Waals surface area contributed by atoms with Crippen molar-refractivity contribution in [1.29, 1.82) is 0 Å². The molecule has 0 amide bonds. The van der Waals surface area contributed by atoms with Gasteiger partial charge in [0.05, 0.1) is 34.4 Å². The second-order valence-electron chi connectivity index (χ2n) is 15.9. The van der Waals surface area contributed by atoms with Crippen LogP contribution in [0.15, 0.2) is 24.3 Å². The molecule has 310 valence electrons. The predicted octanol–water partition coefficient (Wildman–Crippen LogP) is 11.7. The smallest absolute Gasteiger partial charge is 0.362 e. The predicted molar refractivity (Wildman–Crippen MR) is 220 cm³/mol. The van der Waals surface area contributed by atoms with Crippen molar-refractivity contribution in [3.05, 3.63) is 24.3 Å². The quantitative estimate of drug-likeness (QED) is 0.0289. The van der Waals surface area contributed by atoms with Crippen LogP contribution in [0.3, 0.4) is 0 Å². The Morgan fingerprint density at radius 1 is 0.585 bits per heavy atom. The van der Waals surface area contributed by atoms with E-state index in [-0.39, 0.29) is 36.2 Å². The molecule has 1 N–H and O–H groups in total. The van der Waals surface area contributed by atoms with Crippen LogP contribution < -0.4 is 0 Å². The van der Waals surface area contributed by atoms with Crippen LogP contribution in [0.1, 0.15) is 194 Å². The van der Waals surface area contributed by atoms with Gasteiger partial charge < -0.3 is 23.8 Å². The average Bonchev–Trinajstić information content (AvgIpc) is 3.11. The Balaban J connectivity index is 4.18. The summed E-state index contributed by atoms with van der Waals surface area (Å²) in [6, 6.07) is -0.610. The lowest BCUT2D eigenvalue weighted by molar-refractivity contribution is -0.887. The average molecular weight is 751 g/mol. The monoisotopic (exact) mass is 751 g/mol. The lowest BCUT2D eigenvalue weighted by Gasteiger charge is -2.31. The zero-order valence-corrected chi connectivity index (χ0v) is 35.2. The molecule has 8 nitrogen and oxygen atoms in total. The normalized spacial score (nSPS) is 13.2. The van der Waals surface area contributed by atoms with Gasteiger partial charge >= 0.3 is 17.9 Å². The molecule has 0 saturated heterocycles. The van der Waals surface area contributed by atoms with E-state index in [1.54, 1.807) is 0 Å². The summed E-state index contributed by atoms with van der Waals surface area (Å²) in [6.07, 6.45) is 39.5. The van der Waals surface area contributed by atoms with E-state index in [0.717, 1.165) is 51.4 Å². The first-order valence-electron chi connectivity index (χ1n) is 21.9. The lowest BCUT2D eigenvalue weighted by atomic mass is 10.0. The maximum Gasteiger partial charge on any atom is 0.362 e. The number of quaternary nitrogens is 1. The number of carbonyl (C=O) groups excluding carboxylic acids is 2. The standard InChI is InChI=1S/C45H83NO7/c1-6-8-10-12-14-16-17-18-19-20-21-22-23-24-25-26-27-28-30-32-34-36-44(48)53-41(39-51-38-37-42(45(49)50)46(3,4)5)40-52-43(47)35-33-31-29-15-13-11-9-7-2/h8,10,14,16,41-42H,6-7,9,11-13,15,17-40H2,1-5H3/p+1/b10-8+,16-14+.